The number of carboxylic acids is 2. The Morgan fingerprint density at radius 1 is 0.818 bits per heavy atom. The van der Waals surface area contributed by atoms with Crippen molar-refractivity contribution in [3.8, 4) is 0 Å². The van der Waals surface area contributed by atoms with Gasteiger partial charge in [0, 0.05) is 6.08 Å². The van der Waals surface area contributed by atoms with E-state index in [1.165, 1.54) is 18.2 Å². The molecule has 0 bridgehead atoms. The molecule has 22 heavy (non-hydrogen) atoms. The highest BCUT2D eigenvalue weighted by atomic mass is 16.4. The molecule has 0 heterocycles. The number of rotatable bonds is 5. The third kappa shape index (κ3) is 4.18. The molecule has 0 unspecified atom stereocenters. The molecular formula is C18H14O4. The number of hydrogen-bond donors (Lipinski definition) is 2. The molecule has 0 saturated carbocycles. The van der Waals surface area contributed by atoms with Gasteiger partial charge in [-0.05, 0) is 41.0 Å². The predicted molar refractivity (Wildman–Crippen MR) is 84.5 cm³/mol. The summed E-state index contributed by atoms with van der Waals surface area (Å²) in [5, 5.41) is 17.9. The van der Waals surface area contributed by atoms with E-state index in [0.29, 0.717) is 11.1 Å². The summed E-state index contributed by atoms with van der Waals surface area (Å²) in [5.74, 6) is -2.09. The van der Waals surface area contributed by atoms with Gasteiger partial charge in [-0.3, -0.25) is 0 Å². The highest BCUT2D eigenvalue weighted by Gasteiger charge is 2.06. The monoisotopic (exact) mass is 294 g/mol. The van der Waals surface area contributed by atoms with Crippen LogP contribution in [0.1, 0.15) is 21.5 Å². The van der Waals surface area contributed by atoms with E-state index in [0.717, 1.165) is 11.6 Å². The molecule has 0 fully saturated rings. The second-order valence-electron chi connectivity index (χ2n) is 4.57. The van der Waals surface area contributed by atoms with E-state index in [9.17, 15) is 9.59 Å². The Kier molecular flexibility index (Phi) is 4.88. The maximum atomic E-state index is 11.1. The van der Waals surface area contributed by atoms with Crippen LogP contribution in [0, 0.1) is 0 Å². The van der Waals surface area contributed by atoms with Gasteiger partial charge in [0.15, 0.2) is 0 Å². The summed E-state index contributed by atoms with van der Waals surface area (Å²) in [6, 6.07) is 15.8. The van der Waals surface area contributed by atoms with Crippen molar-refractivity contribution in [2.75, 3.05) is 0 Å². The molecule has 2 aromatic rings. The summed E-state index contributed by atoms with van der Waals surface area (Å²) < 4.78 is 0. The Morgan fingerprint density at radius 3 is 2.14 bits per heavy atom. The van der Waals surface area contributed by atoms with Crippen LogP contribution in [-0.2, 0) is 4.79 Å². The molecule has 4 nitrogen and oxygen atoms in total. The Balaban J connectivity index is 2.49. The number of carbonyl (C=O) groups is 2. The molecule has 2 N–H and O–H groups in total. The average molecular weight is 294 g/mol. The van der Waals surface area contributed by atoms with Crippen molar-refractivity contribution >= 4 is 23.6 Å². The Morgan fingerprint density at radius 2 is 1.50 bits per heavy atom. The lowest BCUT2D eigenvalue weighted by Crippen LogP contribution is -1.97. The van der Waals surface area contributed by atoms with Gasteiger partial charge in [0.25, 0.3) is 0 Å². The first kappa shape index (κ1) is 15.3. The molecule has 0 radical (unpaired) electrons. The van der Waals surface area contributed by atoms with E-state index in [1.54, 1.807) is 18.2 Å². The molecule has 0 atom stereocenters. The van der Waals surface area contributed by atoms with Crippen molar-refractivity contribution in [1.29, 1.82) is 0 Å². The molecule has 0 aromatic heterocycles. The first-order valence-corrected chi connectivity index (χ1v) is 6.58. The zero-order valence-electron chi connectivity index (χ0n) is 11.6. The van der Waals surface area contributed by atoms with Crippen molar-refractivity contribution < 1.29 is 19.8 Å². The van der Waals surface area contributed by atoms with Crippen LogP contribution >= 0.6 is 0 Å². The summed E-state index contributed by atoms with van der Waals surface area (Å²) in [6.07, 6.45) is 4.29. The molecule has 0 spiro atoms. The number of aromatic carboxylic acids is 1. The molecule has 2 rings (SSSR count). The molecule has 0 saturated heterocycles. The summed E-state index contributed by atoms with van der Waals surface area (Å²) in [5.41, 5.74) is 2.31. The third-order valence-corrected chi connectivity index (χ3v) is 2.97. The van der Waals surface area contributed by atoms with Gasteiger partial charge < -0.3 is 10.2 Å². The van der Waals surface area contributed by atoms with E-state index < -0.39 is 11.9 Å². The van der Waals surface area contributed by atoms with Gasteiger partial charge in [-0.15, -0.1) is 0 Å². The standard InChI is InChI=1S/C18H14O4/c19-17(20)10-9-15(11-13-5-2-1-3-6-13)14-7-4-8-16(12-14)18(21)22/h1-12H,(H,19,20)(H,21,22). The smallest absolute Gasteiger partial charge is 0.335 e. The molecule has 4 heteroatoms. The van der Waals surface area contributed by atoms with Crippen LogP contribution in [0.3, 0.4) is 0 Å². The second-order valence-corrected chi connectivity index (χ2v) is 4.57. The van der Waals surface area contributed by atoms with Gasteiger partial charge in [0.1, 0.15) is 0 Å². The van der Waals surface area contributed by atoms with Crippen LogP contribution < -0.4 is 0 Å². The minimum absolute atomic E-state index is 0.153. The van der Waals surface area contributed by atoms with Crippen LogP contribution in [0.2, 0.25) is 0 Å². The van der Waals surface area contributed by atoms with Crippen LogP contribution in [0.15, 0.2) is 66.7 Å². The average Bonchev–Trinajstić information content (AvgIpc) is 2.52. The third-order valence-electron chi connectivity index (χ3n) is 2.97. The van der Waals surface area contributed by atoms with Gasteiger partial charge >= 0.3 is 11.9 Å². The summed E-state index contributed by atoms with van der Waals surface area (Å²) in [7, 11) is 0. The number of allylic oxidation sites excluding steroid dienone is 2. The molecular weight excluding hydrogens is 280 g/mol. The number of carboxylic acid groups (broad SMARTS) is 2. The summed E-state index contributed by atoms with van der Waals surface area (Å²) in [6.45, 7) is 0. The first-order valence-electron chi connectivity index (χ1n) is 6.58. The maximum Gasteiger partial charge on any atom is 0.335 e. The van der Waals surface area contributed by atoms with E-state index in [2.05, 4.69) is 0 Å². The van der Waals surface area contributed by atoms with E-state index in [4.69, 9.17) is 10.2 Å². The molecule has 0 aliphatic carbocycles. The maximum absolute atomic E-state index is 11.1. The number of aliphatic carboxylic acids is 1. The Bertz CT molecular complexity index is 743. The Labute approximate surface area is 127 Å². The van der Waals surface area contributed by atoms with Crippen molar-refractivity contribution in [3.05, 3.63) is 83.4 Å². The molecule has 2 aromatic carbocycles. The summed E-state index contributed by atoms with van der Waals surface area (Å²) in [4.78, 5) is 21.8. The van der Waals surface area contributed by atoms with Gasteiger partial charge in [-0.1, -0.05) is 42.5 Å². The minimum Gasteiger partial charge on any atom is -0.478 e. The van der Waals surface area contributed by atoms with Crippen LogP contribution in [-0.4, -0.2) is 22.2 Å². The van der Waals surface area contributed by atoms with Gasteiger partial charge in [0.2, 0.25) is 0 Å². The van der Waals surface area contributed by atoms with Crippen LogP contribution in [0.4, 0.5) is 0 Å². The highest BCUT2D eigenvalue weighted by Crippen LogP contribution is 2.21. The molecule has 0 amide bonds. The quantitative estimate of drug-likeness (QED) is 0.502. The molecule has 0 aliphatic rings. The van der Waals surface area contributed by atoms with Crippen molar-refractivity contribution in [2.45, 2.75) is 0 Å². The fourth-order valence-corrected chi connectivity index (χ4v) is 1.95. The first-order chi connectivity index (χ1) is 10.6. The van der Waals surface area contributed by atoms with Crippen molar-refractivity contribution in [3.63, 3.8) is 0 Å². The minimum atomic E-state index is -1.06. The number of benzene rings is 2. The molecule has 0 aliphatic heterocycles. The predicted octanol–water partition coefficient (Wildman–Crippen LogP) is 3.57. The Hall–Kier alpha value is -3.14. The van der Waals surface area contributed by atoms with Gasteiger partial charge in [-0.2, -0.15) is 0 Å². The van der Waals surface area contributed by atoms with Crippen molar-refractivity contribution in [2.24, 2.45) is 0 Å². The van der Waals surface area contributed by atoms with E-state index in [1.807, 2.05) is 30.3 Å². The van der Waals surface area contributed by atoms with Crippen LogP contribution in [0.25, 0.3) is 11.6 Å². The lowest BCUT2D eigenvalue weighted by atomic mass is 10.00. The normalized spacial score (nSPS) is 11.5. The van der Waals surface area contributed by atoms with Gasteiger partial charge in [-0.25, -0.2) is 9.59 Å². The lowest BCUT2D eigenvalue weighted by molar-refractivity contribution is -0.131. The lowest BCUT2D eigenvalue weighted by Gasteiger charge is -2.05. The second kappa shape index (κ2) is 7.04. The topological polar surface area (TPSA) is 74.6 Å². The van der Waals surface area contributed by atoms with Crippen LogP contribution in [0.5, 0.6) is 0 Å². The zero-order chi connectivity index (χ0) is 15.9. The highest BCUT2D eigenvalue weighted by molar-refractivity contribution is 5.94. The van der Waals surface area contributed by atoms with E-state index in [-0.39, 0.29) is 5.56 Å². The zero-order valence-corrected chi connectivity index (χ0v) is 11.6. The van der Waals surface area contributed by atoms with Crippen molar-refractivity contribution in [1.82, 2.24) is 0 Å². The van der Waals surface area contributed by atoms with Gasteiger partial charge in [0.05, 0.1) is 5.56 Å². The summed E-state index contributed by atoms with van der Waals surface area (Å²) >= 11 is 0. The van der Waals surface area contributed by atoms with E-state index >= 15 is 0 Å². The SMILES string of the molecule is O=C(O)C=CC(=Cc1ccccc1)c1cccc(C(=O)O)c1. The molecule has 110 valence electrons. The fraction of sp³-hybridized carbons (Fsp3) is 0. The fourth-order valence-electron chi connectivity index (χ4n) is 1.95. The number of hydrogen-bond acceptors (Lipinski definition) is 2. The largest absolute Gasteiger partial charge is 0.478 e.